The van der Waals surface area contributed by atoms with Gasteiger partial charge in [0.1, 0.15) is 4.90 Å². The highest BCUT2D eigenvalue weighted by atomic mass is 35.5. The van der Waals surface area contributed by atoms with Crippen molar-refractivity contribution in [3.63, 3.8) is 0 Å². The number of sulfonamides is 1. The van der Waals surface area contributed by atoms with Gasteiger partial charge in [0, 0.05) is 12.7 Å². The Labute approximate surface area is 178 Å². The van der Waals surface area contributed by atoms with Crippen molar-refractivity contribution in [3.05, 3.63) is 58.6 Å². The quantitative estimate of drug-likeness (QED) is 0.506. The van der Waals surface area contributed by atoms with E-state index in [1.54, 1.807) is 0 Å². The predicted octanol–water partition coefficient (Wildman–Crippen LogP) is 2.58. The van der Waals surface area contributed by atoms with Gasteiger partial charge in [-0.3, -0.25) is 9.63 Å². The average Bonchev–Trinajstić information content (AvgIpc) is 2.73. The molecule has 0 spiro atoms. The first-order valence-electron chi connectivity index (χ1n) is 8.44. The minimum Gasteiger partial charge on any atom is -0.449 e. The van der Waals surface area contributed by atoms with Crippen molar-refractivity contribution >= 4 is 39.2 Å². The number of nitrogens with zero attached hydrogens (tertiary/aromatic N) is 2. The maximum absolute atomic E-state index is 12.4. The van der Waals surface area contributed by atoms with Crippen molar-refractivity contribution in [3.8, 4) is 6.07 Å². The van der Waals surface area contributed by atoms with Crippen molar-refractivity contribution in [2.75, 3.05) is 19.5 Å². The monoisotopic (exact) mass is 451 g/mol. The Hall–Kier alpha value is -2.97. The van der Waals surface area contributed by atoms with Crippen molar-refractivity contribution in [1.82, 2.24) is 4.47 Å². The van der Waals surface area contributed by atoms with Crippen molar-refractivity contribution in [2.24, 2.45) is 0 Å². The Morgan fingerprint density at radius 3 is 2.40 bits per heavy atom. The van der Waals surface area contributed by atoms with E-state index in [9.17, 15) is 18.0 Å². The van der Waals surface area contributed by atoms with Crippen LogP contribution in [0.2, 0.25) is 5.02 Å². The molecule has 0 saturated heterocycles. The van der Waals surface area contributed by atoms with Crippen molar-refractivity contribution in [1.29, 1.82) is 5.26 Å². The molecule has 0 unspecified atom stereocenters. The number of ether oxygens (including phenoxy) is 1. The number of carbonyl (C=O) groups excluding carboxylic acids is 2. The molecule has 0 aliphatic heterocycles. The number of benzene rings is 2. The van der Waals surface area contributed by atoms with Crippen LogP contribution in [-0.4, -0.2) is 45.0 Å². The summed E-state index contributed by atoms with van der Waals surface area (Å²) in [6.45, 7) is 1.36. The number of carbonyl (C=O) groups is 2. The highest BCUT2D eigenvalue weighted by Crippen LogP contribution is 2.26. The average molecular weight is 452 g/mol. The molecule has 1 amide bonds. The lowest BCUT2D eigenvalue weighted by Gasteiger charge is -2.16. The molecule has 0 aromatic heterocycles. The Morgan fingerprint density at radius 1 is 1.20 bits per heavy atom. The second-order valence-corrected chi connectivity index (χ2v) is 8.28. The van der Waals surface area contributed by atoms with Crippen LogP contribution in [-0.2, 0) is 24.4 Å². The lowest BCUT2D eigenvalue weighted by molar-refractivity contribution is -0.123. The molecule has 158 valence electrons. The number of nitrogens with one attached hydrogen (secondary N) is 1. The zero-order valence-corrected chi connectivity index (χ0v) is 17.8. The van der Waals surface area contributed by atoms with Crippen LogP contribution in [0.4, 0.5) is 5.69 Å². The van der Waals surface area contributed by atoms with Crippen LogP contribution in [0.15, 0.2) is 47.4 Å². The zero-order chi connectivity index (χ0) is 22.5. The number of halogens is 1. The number of rotatable bonds is 7. The Bertz CT molecular complexity index is 1100. The summed E-state index contributed by atoms with van der Waals surface area (Å²) in [4.78, 5) is 29.0. The van der Waals surface area contributed by atoms with Gasteiger partial charge in [0.25, 0.3) is 15.9 Å². The largest absolute Gasteiger partial charge is 0.449 e. The van der Waals surface area contributed by atoms with Gasteiger partial charge in [-0.1, -0.05) is 16.1 Å². The van der Waals surface area contributed by atoms with Gasteiger partial charge in [-0.25, -0.2) is 13.2 Å². The van der Waals surface area contributed by atoms with Gasteiger partial charge in [0.05, 0.1) is 29.3 Å². The minimum absolute atomic E-state index is 0.109. The summed E-state index contributed by atoms with van der Waals surface area (Å²) in [5.74, 6) is -1.51. The molecule has 0 bridgehead atoms. The fourth-order valence-electron chi connectivity index (χ4n) is 2.22. The molecule has 11 heteroatoms. The first-order chi connectivity index (χ1) is 14.1. The molecule has 0 saturated carbocycles. The summed E-state index contributed by atoms with van der Waals surface area (Å²) >= 11 is 5.96. The van der Waals surface area contributed by atoms with Crippen LogP contribution in [0.5, 0.6) is 0 Å². The molecule has 2 rings (SSSR count). The van der Waals surface area contributed by atoms with E-state index in [1.165, 1.54) is 50.4 Å². The molecule has 0 fully saturated rings. The van der Waals surface area contributed by atoms with E-state index in [0.717, 1.165) is 13.2 Å². The fraction of sp³-hybridized carbons (Fsp3) is 0.211. The van der Waals surface area contributed by atoms with E-state index in [-0.39, 0.29) is 15.5 Å². The molecule has 30 heavy (non-hydrogen) atoms. The summed E-state index contributed by atoms with van der Waals surface area (Å²) in [6, 6.07) is 11.6. The zero-order valence-electron chi connectivity index (χ0n) is 16.2. The smallest absolute Gasteiger partial charge is 0.338 e. The summed E-state index contributed by atoms with van der Waals surface area (Å²) in [6.07, 6.45) is -1.18. The van der Waals surface area contributed by atoms with Gasteiger partial charge >= 0.3 is 5.97 Å². The Balaban J connectivity index is 2.14. The van der Waals surface area contributed by atoms with Crippen LogP contribution >= 0.6 is 11.6 Å². The van der Waals surface area contributed by atoms with Crippen LogP contribution in [0.1, 0.15) is 22.8 Å². The lowest BCUT2D eigenvalue weighted by atomic mass is 10.2. The molecule has 0 aliphatic rings. The number of anilines is 1. The van der Waals surface area contributed by atoms with Gasteiger partial charge < -0.3 is 10.1 Å². The number of esters is 1. The van der Waals surface area contributed by atoms with Crippen LogP contribution < -0.4 is 5.32 Å². The van der Waals surface area contributed by atoms with E-state index >= 15 is 0 Å². The maximum atomic E-state index is 12.4. The molecule has 0 heterocycles. The van der Waals surface area contributed by atoms with Crippen LogP contribution in [0, 0.1) is 11.3 Å². The van der Waals surface area contributed by atoms with Gasteiger partial charge in [-0.05, 0) is 49.4 Å². The van der Waals surface area contributed by atoms with Gasteiger partial charge in [0.2, 0.25) is 0 Å². The molecule has 0 aliphatic carbocycles. The van der Waals surface area contributed by atoms with Gasteiger partial charge in [0.15, 0.2) is 6.10 Å². The molecular formula is C19H18ClN3O6S. The van der Waals surface area contributed by atoms with E-state index < -0.39 is 28.0 Å². The van der Waals surface area contributed by atoms with Gasteiger partial charge in [-0.15, -0.1) is 0 Å². The number of hydrogen-bond donors (Lipinski definition) is 1. The molecule has 9 nitrogen and oxygen atoms in total. The predicted molar refractivity (Wildman–Crippen MR) is 108 cm³/mol. The standard InChI is InChI=1S/C19H18ClN3O6S/c1-12(18(24)22-15-7-4-13(11-21)5-8-15)29-19(25)14-6-9-16(20)17(10-14)30(26,27)23(2)28-3/h4-10,12H,1-3H3,(H,22,24)/t12-/m1/s1. The highest BCUT2D eigenvalue weighted by Gasteiger charge is 2.26. The second kappa shape index (κ2) is 9.69. The van der Waals surface area contributed by atoms with E-state index in [2.05, 4.69) is 5.32 Å². The fourth-order valence-corrected chi connectivity index (χ4v) is 3.69. The third kappa shape index (κ3) is 5.34. The summed E-state index contributed by atoms with van der Waals surface area (Å²) in [5, 5.41) is 11.2. The molecule has 1 N–H and O–H groups in total. The number of hydrogen-bond acceptors (Lipinski definition) is 7. The number of amides is 1. The Kier molecular flexibility index (Phi) is 7.53. The van der Waals surface area contributed by atoms with E-state index in [0.29, 0.717) is 15.7 Å². The lowest BCUT2D eigenvalue weighted by Crippen LogP contribution is -2.30. The first-order valence-corrected chi connectivity index (χ1v) is 10.3. The molecule has 0 radical (unpaired) electrons. The number of hydroxylamine groups is 1. The summed E-state index contributed by atoms with van der Waals surface area (Å²) < 4.78 is 30.6. The van der Waals surface area contributed by atoms with Gasteiger partial charge in [-0.2, -0.15) is 5.26 Å². The summed E-state index contributed by atoms with van der Waals surface area (Å²) in [7, 11) is -1.76. The highest BCUT2D eigenvalue weighted by molar-refractivity contribution is 7.89. The van der Waals surface area contributed by atoms with Crippen LogP contribution in [0.3, 0.4) is 0 Å². The molecule has 2 aromatic carbocycles. The maximum Gasteiger partial charge on any atom is 0.338 e. The van der Waals surface area contributed by atoms with E-state index in [4.69, 9.17) is 26.4 Å². The third-order valence-electron chi connectivity index (χ3n) is 3.97. The van der Waals surface area contributed by atoms with Crippen molar-refractivity contribution in [2.45, 2.75) is 17.9 Å². The Morgan fingerprint density at radius 2 is 1.83 bits per heavy atom. The first kappa shape index (κ1) is 23.3. The normalized spacial score (nSPS) is 12.1. The number of nitriles is 1. The summed E-state index contributed by atoms with van der Waals surface area (Å²) in [5.41, 5.74) is 0.741. The molecule has 1 atom stereocenters. The molecule has 2 aromatic rings. The van der Waals surface area contributed by atoms with Crippen molar-refractivity contribution < 1.29 is 27.6 Å². The minimum atomic E-state index is -4.10. The van der Waals surface area contributed by atoms with E-state index in [1.807, 2.05) is 6.07 Å². The third-order valence-corrected chi connectivity index (χ3v) is 6.14. The molecular weight excluding hydrogens is 434 g/mol. The van der Waals surface area contributed by atoms with Crippen LogP contribution in [0.25, 0.3) is 0 Å². The second-order valence-electron chi connectivity index (χ2n) is 5.97. The SMILES string of the molecule is CON(C)S(=O)(=O)c1cc(C(=O)O[C@H](C)C(=O)Nc2ccc(C#N)cc2)ccc1Cl. The topological polar surface area (TPSA) is 126 Å².